The maximum atomic E-state index is 14.8. The standard InChI is InChI=1S/C16H28F2N4O7/c1-5(23)26-11-7(20)3-8(21)12(10(11)25)29-15-13(22)16(17,18)14(27-6(2)24)9(4-19)28-15/h7-15,25H,3-4,19-22H2,1-2H3/t7-,8+,9-,10-,11+,12-,13+,14-,15-/m1/s1. The van der Waals surface area contributed by atoms with Gasteiger partial charge in [0, 0.05) is 32.5 Å². The lowest BCUT2D eigenvalue weighted by atomic mass is 9.84. The normalized spacial score (nSPS) is 42.2. The lowest BCUT2D eigenvalue weighted by Crippen LogP contribution is -2.70. The lowest BCUT2D eigenvalue weighted by molar-refractivity contribution is -0.323. The third-order valence-electron chi connectivity index (χ3n) is 4.94. The molecule has 1 heterocycles. The molecular formula is C16H28F2N4O7. The van der Waals surface area contributed by atoms with Crippen molar-refractivity contribution < 1.29 is 42.4 Å². The second-order valence-electron chi connectivity index (χ2n) is 7.24. The molecule has 0 amide bonds. The Balaban J connectivity index is 2.21. The van der Waals surface area contributed by atoms with Crippen LogP contribution in [0.15, 0.2) is 0 Å². The van der Waals surface area contributed by atoms with Gasteiger partial charge in [0.1, 0.15) is 30.5 Å². The fourth-order valence-corrected chi connectivity index (χ4v) is 3.54. The minimum absolute atomic E-state index is 0.0778. The number of hydrogen-bond donors (Lipinski definition) is 5. The first-order valence-electron chi connectivity index (χ1n) is 9.08. The van der Waals surface area contributed by atoms with Crippen LogP contribution in [0.3, 0.4) is 0 Å². The van der Waals surface area contributed by atoms with E-state index in [0.717, 1.165) is 13.8 Å². The number of rotatable bonds is 5. The number of alkyl halides is 2. The van der Waals surface area contributed by atoms with E-state index in [1.165, 1.54) is 0 Å². The quantitative estimate of drug-likeness (QED) is 0.287. The highest BCUT2D eigenvalue weighted by atomic mass is 19.3. The average Bonchev–Trinajstić information content (AvgIpc) is 2.61. The first-order valence-corrected chi connectivity index (χ1v) is 9.08. The maximum Gasteiger partial charge on any atom is 0.306 e. The largest absolute Gasteiger partial charge is 0.458 e. The minimum atomic E-state index is -3.74. The molecule has 9 atom stereocenters. The number of esters is 2. The van der Waals surface area contributed by atoms with Crippen LogP contribution >= 0.6 is 0 Å². The van der Waals surface area contributed by atoms with Crippen LogP contribution in [0.4, 0.5) is 8.78 Å². The van der Waals surface area contributed by atoms with Gasteiger partial charge in [0.15, 0.2) is 12.4 Å². The number of carbonyl (C=O) groups excluding carboxylic acids is 2. The molecule has 2 rings (SSSR count). The van der Waals surface area contributed by atoms with E-state index >= 15 is 0 Å². The van der Waals surface area contributed by atoms with Gasteiger partial charge < -0.3 is 47.0 Å². The molecule has 0 aromatic heterocycles. The summed E-state index contributed by atoms with van der Waals surface area (Å²) < 4.78 is 50.1. The number of carbonyl (C=O) groups is 2. The van der Waals surface area contributed by atoms with E-state index in [-0.39, 0.29) is 6.42 Å². The highest BCUT2D eigenvalue weighted by molar-refractivity contribution is 5.66. The van der Waals surface area contributed by atoms with Gasteiger partial charge in [0.25, 0.3) is 0 Å². The van der Waals surface area contributed by atoms with Crippen molar-refractivity contribution in [1.29, 1.82) is 0 Å². The lowest BCUT2D eigenvalue weighted by Gasteiger charge is -2.47. The predicted octanol–water partition coefficient (Wildman–Crippen LogP) is -2.70. The van der Waals surface area contributed by atoms with Gasteiger partial charge in [-0.15, -0.1) is 0 Å². The van der Waals surface area contributed by atoms with Gasteiger partial charge in [-0.3, -0.25) is 9.59 Å². The second-order valence-corrected chi connectivity index (χ2v) is 7.24. The van der Waals surface area contributed by atoms with Crippen LogP contribution < -0.4 is 22.9 Å². The highest BCUT2D eigenvalue weighted by Crippen LogP contribution is 2.37. The molecule has 13 heteroatoms. The molecule has 11 nitrogen and oxygen atoms in total. The zero-order valence-corrected chi connectivity index (χ0v) is 16.1. The van der Waals surface area contributed by atoms with Crippen molar-refractivity contribution in [2.45, 2.75) is 81.1 Å². The Hall–Kier alpha value is -1.48. The molecule has 1 saturated heterocycles. The Bertz CT molecular complexity index is 614. The summed E-state index contributed by atoms with van der Waals surface area (Å²) in [7, 11) is 0. The smallest absolute Gasteiger partial charge is 0.306 e. The zero-order valence-electron chi connectivity index (χ0n) is 16.1. The van der Waals surface area contributed by atoms with E-state index in [2.05, 4.69) is 4.74 Å². The predicted molar refractivity (Wildman–Crippen MR) is 93.2 cm³/mol. The summed E-state index contributed by atoms with van der Waals surface area (Å²) in [5, 5.41) is 10.5. The molecule has 1 aliphatic heterocycles. The molecule has 0 radical (unpaired) electrons. The fraction of sp³-hybridized carbons (Fsp3) is 0.875. The first-order chi connectivity index (χ1) is 13.4. The fourth-order valence-electron chi connectivity index (χ4n) is 3.54. The average molecular weight is 426 g/mol. The summed E-state index contributed by atoms with van der Waals surface area (Å²) in [6.45, 7) is 1.68. The van der Waals surface area contributed by atoms with Crippen molar-refractivity contribution in [3.05, 3.63) is 0 Å². The summed E-state index contributed by atoms with van der Waals surface area (Å²) in [6, 6.07) is -3.72. The van der Waals surface area contributed by atoms with Gasteiger partial charge >= 0.3 is 17.9 Å². The van der Waals surface area contributed by atoms with Crippen molar-refractivity contribution in [1.82, 2.24) is 0 Å². The van der Waals surface area contributed by atoms with Gasteiger partial charge in [0.2, 0.25) is 0 Å². The number of aliphatic hydroxyl groups excluding tert-OH is 1. The van der Waals surface area contributed by atoms with Crippen molar-refractivity contribution in [2.24, 2.45) is 22.9 Å². The molecule has 0 unspecified atom stereocenters. The molecule has 2 aliphatic rings. The molecule has 0 spiro atoms. The third-order valence-corrected chi connectivity index (χ3v) is 4.94. The molecular weight excluding hydrogens is 398 g/mol. The maximum absolute atomic E-state index is 14.8. The second kappa shape index (κ2) is 9.12. The highest BCUT2D eigenvalue weighted by Gasteiger charge is 2.60. The van der Waals surface area contributed by atoms with E-state index < -0.39 is 79.3 Å². The molecule has 29 heavy (non-hydrogen) atoms. The van der Waals surface area contributed by atoms with Crippen LogP contribution in [0.5, 0.6) is 0 Å². The van der Waals surface area contributed by atoms with E-state index in [4.69, 9.17) is 37.1 Å². The van der Waals surface area contributed by atoms with Crippen molar-refractivity contribution in [3.63, 3.8) is 0 Å². The van der Waals surface area contributed by atoms with Crippen LogP contribution in [0.25, 0.3) is 0 Å². The number of halogens is 2. The van der Waals surface area contributed by atoms with Gasteiger partial charge in [-0.1, -0.05) is 0 Å². The molecule has 0 aromatic carbocycles. The number of hydrogen-bond acceptors (Lipinski definition) is 11. The zero-order chi connectivity index (χ0) is 22.1. The Morgan fingerprint density at radius 3 is 2.17 bits per heavy atom. The Morgan fingerprint density at radius 1 is 1.10 bits per heavy atom. The van der Waals surface area contributed by atoms with E-state index in [0.29, 0.717) is 0 Å². The Morgan fingerprint density at radius 2 is 1.66 bits per heavy atom. The monoisotopic (exact) mass is 426 g/mol. The Labute approximate surface area is 165 Å². The van der Waals surface area contributed by atoms with Crippen LogP contribution in [-0.4, -0.2) is 84.4 Å². The summed E-state index contributed by atoms with van der Waals surface area (Å²) in [4.78, 5) is 22.4. The van der Waals surface area contributed by atoms with Crippen molar-refractivity contribution >= 4 is 11.9 Å². The van der Waals surface area contributed by atoms with E-state index in [9.17, 15) is 23.5 Å². The minimum Gasteiger partial charge on any atom is -0.458 e. The summed E-state index contributed by atoms with van der Waals surface area (Å²) in [5.41, 5.74) is 22.9. The SMILES string of the molecule is CC(=O)O[C@@H]1[C@@H](O)[C@H](O[C@H]2O[C@H](CN)[C@@H](OC(C)=O)C(F)(F)[C@H]2N)[C@@H](N)C[C@H]1N. The van der Waals surface area contributed by atoms with E-state index in [1.54, 1.807) is 0 Å². The van der Waals surface area contributed by atoms with Crippen molar-refractivity contribution in [3.8, 4) is 0 Å². The third kappa shape index (κ3) is 4.99. The molecule has 1 aliphatic carbocycles. The summed E-state index contributed by atoms with van der Waals surface area (Å²) >= 11 is 0. The van der Waals surface area contributed by atoms with Crippen LogP contribution in [0.2, 0.25) is 0 Å². The summed E-state index contributed by atoms with van der Waals surface area (Å²) in [5.74, 6) is -5.39. The molecule has 0 aromatic rings. The van der Waals surface area contributed by atoms with Gasteiger partial charge in [0.05, 0.1) is 0 Å². The molecule has 2 fully saturated rings. The molecule has 168 valence electrons. The number of nitrogens with two attached hydrogens (primary N) is 4. The van der Waals surface area contributed by atoms with Gasteiger partial charge in [-0.25, -0.2) is 8.78 Å². The number of ether oxygens (including phenoxy) is 4. The number of aliphatic hydroxyl groups is 1. The van der Waals surface area contributed by atoms with Crippen molar-refractivity contribution in [2.75, 3.05) is 6.54 Å². The molecule has 1 saturated carbocycles. The van der Waals surface area contributed by atoms with Crippen LogP contribution in [0, 0.1) is 0 Å². The molecule has 9 N–H and O–H groups in total. The van der Waals surface area contributed by atoms with E-state index in [1.807, 2.05) is 0 Å². The Kier molecular flexibility index (Phi) is 7.48. The van der Waals surface area contributed by atoms with Crippen LogP contribution in [0.1, 0.15) is 20.3 Å². The topological polar surface area (TPSA) is 195 Å². The molecule has 0 bridgehead atoms. The van der Waals surface area contributed by atoms with Crippen LogP contribution in [-0.2, 0) is 28.5 Å². The first kappa shape index (κ1) is 23.8. The van der Waals surface area contributed by atoms with Gasteiger partial charge in [-0.05, 0) is 6.42 Å². The van der Waals surface area contributed by atoms with Gasteiger partial charge in [-0.2, -0.15) is 0 Å². The summed E-state index contributed by atoms with van der Waals surface area (Å²) in [6.07, 6.45) is -9.01.